The van der Waals surface area contributed by atoms with Crippen molar-refractivity contribution in [3.05, 3.63) is 47.6 Å². The maximum absolute atomic E-state index is 11.4. The number of carboxylic acids is 1. The molecule has 0 spiro atoms. The fourth-order valence-corrected chi connectivity index (χ4v) is 2.59. The quantitative estimate of drug-likeness (QED) is 0.830. The lowest BCUT2D eigenvalue weighted by atomic mass is 10.0. The molecule has 120 valence electrons. The van der Waals surface area contributed by atoms with Crippen LogP contribution >= 0.6 is 0 Å². The zero-order valence-corrected chi connectivity index (χ0v) is 13.3. The maximum Gasteiger partial charge on any atom is 0.331 e. The van der Waals surface area contributed by atoms with Gasteiger partial charge in [-0.05, 0) is 55.9 Å². The van der Waals surface area contributed by atoms with Gasteiger partial charge in [0, 0.05) is 11.8 Å². The number of benzene rings is 1. The number of aromatic nitrogens is 2. The summed E-state index contributed by atoms with van der Waals surface area (Å²) >= 11 is 0. The first-order valence-electron chi connectivity index (χ1n) is 7.69. The summed E-state index contributed by atoms with van der Waals surface area (Å²) in [5, 5.41) is 9.36. The summed E-state index contributed by atoms with van der Waals surface area (Å²) in [4.78, 5) is 15.6. The first-order chi connectivity index (χ1) is 11.1. The van der Waals surface area contributed by atoms with Crippen LogP contribution in [0.25, 0.3) is 11.8 Å². The van der Waals surface area contributed by atoms with Crippen LogP contribution < -0.4 is 4.74 Å². The number of aliphatic carboxylic acids is 1. The summed E-state index contributed by atoms with van der Waals surface area (Å²) in [7, 11) is 1.61. The minimum atomic E-state index is -0.842. The van der Waals surface area contributed by atoms with E-state index in [0.29, 0.717) is 23.7 Å². The third kappa shape index (κ3) is 3.62. The predicted molar refractivity (Wildman–Crippen MR) is 87.8 cm³/mol. The van der Waals surface area contributed by atoms with Crippen LogP contribution in [0.4, 0.5) is 0 Å². The fourth-order valence-electron chi connectivity index (χ4n) is 2.59. The lowest BCUT2D eigenvalue weighted by Crippen LogP contribution is -2.02. The van der Waals surface area contributed by atoms with Crippen molar-refractivity contribution in [1.29, 1.82) is 0 Å². The first kappa shape index (κ1) is 15.3. The van der Waals surface area contributed by atoms with Gasteiger partial charge in [0.15, 0.2) is 0 Å². The van der Waals surface area contributed by atoms with Crippen molar-refractivity contribution in [2.75, 3.05) is 7.11 Å². The lowest BCUT2D eigenvalue weighted by Gasteiger charge is -2.10. The van der Waals surface area contributed by atoms with Crippen LogP contribution in [0, 0.1) is 12.8 Å². The summed E-state index contributed by atoms with van der Waals surface area (Å²) in [5.74, 6) is 0.380. The minimum absolute atomic E-state index is 0.459. The number of hydrogen-bond donors (Lipinski definition) is 1. The number of carboxylic acid groups (broad SMARTS) is 1. The second-order valence-corrected chi connectivity index (χ2v) is 5.98. The zero-order chi connectivity index (χ0) is 16.4. The predicted octanol–water partition coefficient (Wildman–Crippen LogP) is 3.46. The first-order valence-corrected chi connectivity index (χ1v) is 7.69. The van der Waals surface area contributed by atoms with E-state index in [2.05, 4.69) is 4.98 Å². The number of ether oxygens (including phenoxy) is 1. The molecule has 0 aliphatic heterocycles. The molecular weight excluding hydrogens is 292 g/mol. The Morgan fingerprint density at radius 2 is 2.26 bits per heavy atom. The number of methoxy groups -OCH3 is 1. The largest absolute Gasteiger partial charge is 0.495 e. The zero-order valence-electron chi connectivity index (χ0n) is 13.3. The molecular formula is C18H20N2O3. The van der Waals surface area contributed by atoms with Gasteiger partial charge in [-0.25, -0.2) is 9.78 Å². The van der Waals surface area contributed by atoms with Gasteiger partial charge in [0.05, 0.1) is 24.8 Å². The Morgan fingerprint density at radius 3 is 2.83 bits per heavy atom. The molecule has 5 heteroatoms. The van der Waals surface area contributed by atoms with Crippen LogP contribution in [0.5, 0.6) is 5.75 Å². The molecule has 0 radical (unpaired) electrons. The molecule has 3 rings (SSSR count). The molecule has 0 saturated heterocycles. The molecule has 1 N–H and O–H groups in total. The van der Waals surface area contributed by atoms with Gasteiger partial charge in [0.1, 0.15) is 5.75 Å². The Hall–Kier alpha value is -2.56. The van der Waals surface area contributed by atoms with Crippen LogP contribution in [-0.2, 0) is 4.79 Å². The smallest absolute Gasteiger partial charge is 0.331 e. The van der Waals surface area contributed by atoms with Crippen molar-refractivity contribution >= 4 is 12.0 Å². The van der Waals surface area contributed by atoms with Gasteiger partial charge >= 0.3 is 5.97 Å². The van der Waals surface area contributed by atoms with E-state index in [1.165, 1.54) is 0 Å². The van der Waals surface area contributed by atoms with Crippen molar-refractivity contribution in [3.8, 4) is 11.4 Å². The second-order valence-electron chi connectivity index (χ2n) is 5.98. The van der Waals surface area contributed by atoms with E-state index in [4.69, 9.17) is 4.74 Å². The molecule has 1 fully saturated rings. The topological polar surface area (TPSA) is 64.3 Å². The highest BCUT2D eigenvalue weighted by molar-refractivity contribution is 5.92. The SMILES string of the molecule is COc1cc(/C=C(\CC2CC2)C(=O)O)ccc1-n1cnc(C)c1. The molecule has 1 saturated carbocycles. The summed E-state index contributed by atoms with van der Waals surface area (Å²) in [6.07, 6.45) is 8.30. The minimum Gasteiger partial charge on any atom is -0.495 e. The van der Waals surface area contributed by atoms with E-state index in [0.717, 1.165) is 29.8 Å². The number of carbonyl (C=O) groups is 1. The Kier molecular flexibility index (Phi) is 4.19. The monoisotopic (exact) mass is 312 g/mol. The third-order valence-corrected chi connectivity index (χ3v) is 4.01. The summed E-state index contributed by atoms with van der Waals surface area (Å²) in [5.41, 5.74) is 3.10. The molecule has 1 aliphatic carbocycles. The molecule has 0 atom stereocenters. The summed E-state index contributed by atoms with van der Waals surface area (Å²) in [6.45, 7) is 1.93. The van der Waals surface area contributed by atoms with E-state index in [1.807, 2.05) is 35.9 Å². The van der Waals surface area contributed by atoms with E-state index in [1.54, 1.807) is 19.5 Å². The van der Waals surface area contributed by atoms with E-state index in [9.17, 15) is 9.90 Å². The molecule has 1 heterocycles. The highest BCUT2D eigenvalue weighted by Gasteiger charge is 2.25. The van der Waals surface area contributed by atoms with E-state index in [-0.39, 0.29) is 0 Å². The number of aryl methyl sites for hydroxylation is 1. The molecule has 23 heavy (non-hydrogen) atoms. The molecule has 1 aromatic carbocycles. The molecule has 0 bridgehead atoms. The molecule has 1 aliphatic rings. The number of hydrogen-bond acceptors (Lipinski definition) is 3. The van der Waals surface area contributed by atoms with Crippen LogP contribution in [0.2, 0.25) is 0 Å². The lowest BCUT2D eigenvalue weighted by molar-refractivity contribution is -0.132. The van der Waals surface area contributed by atoms with Gasteiger partial charge in [0.25, 0.3) is 0 Å². The maximum atomic E-state index is 11.4. The molecule has 0 unspecified atom stereocenters. The van der Waals surface area contributed by atoms with Gasteiger partial charge in [-0.2, -0.15) is 0 Å². The van der Waals surface area contributed by atoms with Gasteiger partial charge in [0.2, 0.25) is 0 Å². The summed E-state index contributed by atoms with van der Waals surface area (Å²) < 4.78 is 7.35. The van der Waals surface area contributed by atoms with Gasteiger partial charge < -0.3 is 14.4 Å². The molecule has 1 aromatic heterocycles. The molecule has 5 nitrogen and oxygen atoms in total. The Morgan fingerprint density at radius 1 is 1.48 bits per heavy atom. The van der Waals surface area contributed by atoms with Crippen molar-refractivity contribution in [2.24, 2.45) is 5.92 Å². The van der Waals surface area contributed by atoms with Gasteiger partial charge in [-0.3, -0.25) is 0 Å². The van der Waals surface area contributed by atoms with Crippen LogP contribution in [0.1, 0.15) is 30.5 Å². The molecule has 0 amide bonds. The van der Waals surface area contributed by atoms with Gasteiger partial charge in [-0.15, -0.1) is 0 Å². The van der Waals surface area contributed by atoms with Crippen LogP contribution in [0.15, 0.2) is 36.3 Å². The van der Waals surface area contributed by atoms with Crippen molar-refractivity contribution in [1.82, 2.24) is 9.55 Å². The summed E-state index contributed by atoms with van der Waals surface area (Å²) in [6, 6.07) is 5.69. The van der Waals surface area contributed by atoms with Crippen molar-refractivity contribution < 1.29 is 14.6 Å². The van der Waals surface area contributed by atoms with Crippen LogP contribution in [0.3, 0.4) is 0 Å². The number of nitrogens with zero attached hydrogens (tertiary/aromatic N) is 2. The highest BCUT2D eigenvalue weighted by atomic mass is 16.5. The highest BCUT2D eigenvalue weighted by Crippen LogP contribution is 2.36. The van der Waals surface area contributed by atoms with Crippen LogP contribution in [-0.4, -0.2) is 27.7 Å². The van der Waals surface area contributed by atoms with Gasteiger partial charge in [-0.1, -0.05) is 6.07 Å². The van der Waals surface area contributed by atoms with Crippen molar-refractivity contribution in [3.63, 3.8) is 0 Å². The normalized spacial score (nSPS) is 14.8. The third-order valence-electron chi connectivity index (χ3n) is 4.01. The average molecular weight is 312 g/mol. The average Bonchev–Trinajstić information content (AvgIpc) is 3.25. The number of imidazole rings is 1. The van der Waals surface area contributed by atoms with E-state index >= 15 is 0 Å². The number of rotatable bonds is 6. The van der Waals surface area contributed by atoms with Crippen molar-refractivity contribution in [2.45, 2.75) is 26.2 Å². The standard InChI is InChI=1S/C18H20N2O3/c1-12-10-20(11-19-12)16-6-5-14(9-17(16)23-2)8-15(18(21)22)7-13-3-4-13/h5-6,8-11,13H,3-4,7H2,1-2H3,(H,21,22)/b15-8+. The second kappa shape index (κ2) is 6.28. The Labute approximate surface area is 135 Å². The Balaban J connectivity index is 1.93. The fraction of sp³-hybridized carbons (Fsp3) is 0.333. The van der Waals surface area contributed by atoms with E-state index < -0.39 is 5.97 Å². The Bertz CT molecular complexity index is 757. The molecule has 2 aromatic rings.